The van der Waals surface area contributed by atoms with Gasteiger partial charge in [0.15, 0.2) is 23.1 Å². The van der Waals surface area contributed by atoms with Gasteiger partial charge in [0, 0.05) is 57.2 Å². The van der Waals surface area contributed by atoms with Gasteiger partial charge in [-0.1, -0.05) is 12.1 Å². The van der Waals surface area contributed by atoms with Crippen molar-refractivity contribution >= 4 is 17.8 Å². The summed E-state index contributed by atoms with van der Waals surface area (Å²) in [6.07, 6.45) is 8.54. The number of nitrogens with zero attached hydrogens (tertiary/aromatic N) is 5. The number of rotatable bonds is 7. The largest absolute Gasteiger partial charge is 0.452 e. The van der Waals surface area contributed by atoms with Crippen LogP contribution in [0.25, 0.3) is 0 Å². The molecule has 11 heteroatoms. The van der Waals surface area contributed by atoms with Crippen LogP contribution in [0.15, 0.2) is 30.5 Å². The van der Waals surface area contributed by atoms with Gasteiger partial charge in [-0.25, -0.2) is 9.18 Å². The first kappa shape index (κ1) is 31.5. The maximum absolute atomic E-state index is 15.7. The van der Waals surface area contributed by atoms with Crippen molar-refractivity contribution in [1.29, 1.82) is 0 Å². The van der Waals surface area contributed by atoms with Crippen molar-refractivity contribution in [2.45, 2.75) is 95.9 Å². The highest BCUT2D eigenvalue weighted by Gasteiger charge is 2.36. The zero-order valence-electron chi connectivity index (χ0n) is 26.8. The molecule has 2 amide bonds. The van der Waals surface area contributed by atoms with Crippen LogP contribution in [-0.4, -0.2) is 89.1 Å². The Bertz CT molecular complexity index is 1350. The summed E-state index contributed by atoms with van der Waals surface area (Å²) in [5.41, 5.74) is 0.103. The summed E-state index contributed by atoms with van der Waals surface area (Å²) >= 11 is 0. The number of aromatic nitrogens is 2. The Balaban J connectivity index is 0.998. The van der Waals surface area contributed by atoms with Crippen LogP contribution >= 0.6 is 0 Å². The van der Waals surface area contributed by atoms with Crippen LogP contribution in [0.2, 0.25) is 0 Å². The summed E-state index contributed by atoms with van der Waals surface area (Å²) in [4.78, 5) is 30.8. The van der Waals surface area contributed by atoms with Gasteiger partial charge < -0.3 is 28.9 Å². The number of likely N-dealkylation sites (tertiary alicyclic amines) is 2. The number of ether oxygens (including phenoxy) is 3. The molecule has 1 unspecified atom stereocenters. The van der Waals surface area contributed by atoms with Crippen LogP contribution < -0.4 is 9.64 Å². The predicted molar refractivity (Wildman–Crippen MR) is 167 cm³/mol. The summed E-state index contributed by atoms with van der Waals surface area (Å²) < 4.78 is 33.7. The number of amides is 2. The molecule has 1 aliphatic carbocycles. The first-order valence-electron chi connectivity index (χ1n) is 16.6. The van der Waals surface area contributed by atoms with Gasteiger partial charge in [0.05, 0.1) is 18.4 Å². The molecule has 3 aliphatic heterocycles. The highest BCUT2D eigenvalue weighted by molar-refractivity contribution is 5.81. The minimum absolute atomic E-state index is 0.0443. The van der Waals surface area contributed by atoms with Crippen molar-refractivity contribution in [2.24, 2.45) is 5.92 Å². The van der Waals surface area contributed by atoms with Crippen LogP contribution in [0.5, 0.6) is 11.5 Å². The highest BCUT2D eigenvalue weighted by Crippen LogP contribution is 2.37. The van der Waals surface area contributed by atoms with E-state index in [1.165, 1.54) is 6.20 Å². The van der Waals surface area contributed by atoms with Crippen molar-refractivity contribution in [3.8, 4) is 11.5 Å². The van der Waals surface area contributed by atoms with Crippen molar-refractivity contribution in [3.63, 3.8) is 0 Å². The SMILES string of the molecule is CC(C)(C)OC(=O)N1CCC(OC2CCN(c3cc(Oc4cccc(C5CCCN(C(=O)C6CC6)C5)c4F)cnn3)CC2)CC1. The molecule has 1 aromatic heterocycles. The quantitative estimate of drug-likeness (QED) is 0.376. The van der Waals surface area contributed by atoms with E-state index in [0.29, 0.717) is 36.8 Å². The molecule has 4 aliphatic rings. The van der Waals surface area contributed by atoms with Gasteiger partial charge in [-0.05, 0) is 83.8 Å². The lowest BCUT2D eigenvalue weighted by molar-refractivity contribution is -0.133. The third kappa shape index (κ3) is 8.04. The van der Waals surface area contributed by atoms with Gasteiger partial charge in [0.1, 0.15) is 5.60 Å². The van der Waals surface area contributed by atoms with Gasteiger partial charge in [-0.3, -0.25) is 4.79 Å². The molecule has 244 valence electrons. The average molecular weight is 624 g/mol. The second-order valence-electron chi connectivity index (χ2n) is 13.9. The number of hydrogen-bond donors (Lipinski definition) is 0. The number of piperidine rings is 3. The lowest BCUT2D eigenvalue weighted by atomic mass is 9.90. The number of halogens is 1. The van der Waals surface area contributed by atoms with Crippen molar-refractivity contribution < 1.29 is 28.2 Å². The molecule has 0 N–H and O–H groups in total. The first-order valence-corrected chi connectivity index (χ1v) is 16.6. The normalized spacial score (nSPS) is 22.0. The predicted octanol–water partition coefficient (Wildman–Crippen LogP) is 5.91. The Morgan fingerprint density at radius 2 is 1.62 bits per heavy atom. The monoisotopic (exact) mass is 623 g/mol. The number of carbonyl (C=O) groups excluding carboxylic acids is 2. The molecule has 6 rings (SSSR count). The highest BCUT2D eigenvalue weighted by atomic mass is 19.1. The Hall–Kier alpha value is -3.47. The Labute approximate surface area is 265 Å². The fourth-order valence-electron chi connectivity index (χ4n) is 6.61. The van der Waals surface area contributed by atoms with Gasteiger partial charge >= 0.3 is 6.09 Å². The number of anilines is 1. The third-order valence-electron chi connectivity index (χ3n) is 9.18. The second kappa shape index (κ2) is 13.5. The molecule has 10 nitrogen and oxygen atoms in total. The van der Waals surface area contributed by atoms with E-state index < -0.39 is 5.60 Å². The van der Waals surface area contributed by atoms with Crippen LogP contribution in [0, 0.1) is 11.7 Å². The van der Waals surface area contributed by atoms with Gasteiger partial charge in [0.2, 0.25) is 5.91 Å². The molecule has 0 bridgehead atoms. The zero-order valence-corrected chi connectivity index (χ0v) is 26.8. The molecule has 1 aromatic carbocycles. The number of hydrogen-bond acceptors (Lipinski definition) is 8. The fraction of sp³-hybridized carbons (Fsp3) is 0.647. The van der Waals surface area contributed by atoms with Crippen LogP contribution in [-0.2, 0) is 14.3 Å². The van der Waals surface area contributed by atoms with Gasteiger partial charge in [-0.15, -0.1) is 5.10 Å². The average Bonchev–Trinajstić information content (AvgIpc) is 3.88. The summed E-state index contributed by atoms with van der Waals surface area (Å²) in [7, 11) is 0. The van der Waals surface area contributed by atoms with Crippen LogP contribution in [0.3, 0.4) is 0 Å². The van der Waals surface area contributed by atoms with E-state index in [0.717, 1.165) is 71.0 Å². The first-order chi connectivity index (χ1) is 21.6. The molecule has 4 fully saturated rings. The van der Waals surface area contributed by atoms with Crippen LogP contribution in [0.1, 0.15) is 83.6 Å². The third-order valence-corrected chi connectivity index (χ3v) is 9.18. The van der Waals surface area contributed by atoms with E-state index in [1.807, 2.05) is 43.9 Å². The van der Waals surface area contributed by atoms with Crippen molar-refractivity contribution in [2.75, 3.05) is 44.2 Å². The lowest BCUT2D eigenvalue weighted by Gasteiger charge is -2.37. The summed E-state index contributed by atoms with van der Waals surface area (Å²) in [6.45, 7) is 9.77. The van der Waals surface area contributed by atoms with Gasteiger partial charge in [0.25, 0.3) is 0 Å². The molecule has 2 aromatic rings. The maximum Gasteiger partial charge on any atom is 0.410 e. The number of benzene rings is 1. The second-order valence-corrected chi connectivity index (χ2v) is 13.9. The molecule has 3 saturated heterocycles. The van der Waals surface area contributed by atoms with E-state index in [1.54, 1.807) is 11.0 Å². The molecule has 0 radical (unpaired) electrons. The zero-order chi connectivity index (χ0) is 31.6. The molecule has 0 spiro atoms. The van der Waals surface area contributed by atoms with E-state index >= 15 is 4.39 Å². The van der Waals surface area contributed by atoms with Crippen LogP contribution in [0.4, 0.5) is 15.0 Å². The molecule has 4 heterocycles. The minimum Gasteiger partial charge on any atom is -0.452 e. The van der Waals surface area contributed by atoms with E-state index in [2.05, 4.69) is 15.1 Å². The molecule has 1 saturated carbocycles. The van der Waals surface area contributed by atoms with Gasteiger partial charge in [-0.2, -0.15) is 5.10 Å². The van der Waals surface area contributed by atoms with Crippen molar-refractivity contribution in [1.82, 2.24) is 20.0 Å². The Morgan fingerprint density at radius 1 is 0.911 bits per heavy atom. The maximum atomic E-state index is 15.7. The van der Waals surface area contributed by atoms with E-state index in [4.69, 9.17) is 14.2 Å². The summed E-state index contributed by atoms with van der Waals surface area (Å²) in [6, 6.07) is 7.07. The molecular formula is C34H46FN5O5. The summed E-state index contributed by atoms with van der Waals surface area (Å²) in [5.74, 6) is 1.25. The molecule has 45 heavy (non-hydrogen) atoms. The Morgan fingerprint density at radius 3 is 2.31 bits per heavy atom. The smallest absolute Gasteiger partial charge is 0.410 e. The fourth-order valence-corrected chi connectivity index (χ4v) is 6.61. The Kier molecular flexibility index (Phi) is 9.44. The van der Waals surface area contributed by atoms with E-state index in [9.17, 15) is 9.59 Å². The van der Waals surface area contributed by atoms with E-state index in [-0.39, 0.29) is 47.6 Å². The number of carbonyl (C=O) groups is 2. The molecule has 1 atom stereocenters. The summed E-state index contributed by atoms with van der Waals surface area (Å²) in [5, 5.41) is 8.48. The minimum atomic E-state index is -0.495. The standard InChI is InChI=1S/C34H46FN5O5/c1-34(2,3)45-33(42)39-18-13-26(14-19-39)43-25-11-16-38(17-12-25)30-20-27(21-36-37-30)44-29-8-4-7-28(31(29)35)24-6-5-15-40(22-24)32(41)23-9-10-23/h4,7-8,20-21,23-26H,5-6,9-19,22H2,1-3H3. The lowest BCUT2D eigenvalue weighted by Crippen LogP contribution is -2.45. The molecular weight excluding hydrogens is 577 g/mol. The topological polar surface area (TPSA) is 97.3 Å². The van der Waals surface area contributed by atoms with Crippen molar-refractivity contribution in [3.05, 3.63) is 41.8 Å².